The highest BCUT2D eigenvalue weighted by Gasteiger charge is 2.29. The molecule has 1 fully saturated rings. The Morgan fingerprint density at radius 1 is 1.44 bits per heavy atom. The van der Waals surface area contributed by atoms with Gasteiger partial charge in [-0.2, -0.15) is 0 Å². The molecule has 6 heteroatoms. The van der Waals surface area contributed by atoms with Gasteiger partial charge in [0.05, 0.1) is 16.5 Å². The van der Waals surface area contributed by atoms with Crippen molar-refractivity contribution in [2.75, 3.05) is 18.1 Å². The van der Waals surface area contributed by atoms with E-state index in [1.54, 1.807) is 6.07 Å². The summed E-state index contributed by atoms with van der Waals surface area (Å²) in [5.41, 5.74) is 6.52. The normalized spacial score (nSPS) is 22.0. The molecule has 0 aliphatic carbocycles. The lowest BCUT2D eigenvalue weighted by Crippen LogP contribution is -2.17. The number of hydrogen-bond acceptors (Lipinski definition) is 4. The topological polar surface area (TPSA) is 69.4 Å². The average molecular weight is 290 g/mol. The van der Waals surface area contributed by atoms with Crippen LogP contribution in [0.3, 0.4) is 0 Å². The first-order valence-electron chi connectivity index (χ1n) is 5.86. The van der Waals surface area contributed by atoms with Crippen LogP contribution in [0.2, 0.25) is 5.02 Å². The van der Waals surface area contributed by atoms with Gasteiger partial charge in [-0.25, -0.2) is 8.42 Å². The molecule has 2 rings (SSSR count). The van der Waals surface area contributed by atoms with Crippen molar-refractivity contribution in [2.45, 2.75) is 18.9 Å². The zero-order valence-corrected chi connectivity index (χ0v) is 11.5. The van der Waals surface area contributed by atoms with Crippen molar-refractivity contribution in [3.8, 4) is 5.75 Å². The Hall–Kier alpha value is -0.780. The SMILES string of the molecule is NCCc1ccc(OC2CCS(=O)(=O)C2)c(Cl)c1. The predicted octanol–water partition coefficient (Wildman–Crippen LogP) is 1.41. The van der Waals surface area contributed by atoms with Crippen molar-refractivity contribution in [2.24, 2.45) is 5.73 Å². The molecule has 1 aromatic carbocycles. The minimum Gasteiger partial charge on any atom is -0.488 e. The van der Waals surface area contributed by atoms with Crippen LogP contribution in [0, 0.1) is 0 Å². The molecule has 1 heterocycles. The summed E-state index contributed by atoms with van der Waals surface area (Å²) in [7, 11) is -2.93. The molecule has 100 valence electrons. The van der Waals surface area contributed by atoms with Gasteiger partial charge in [-0.3, -0.25) is 0 Å². The lowest BCUT2D eigenvalue weighted by atomic mass is 10.1. The Kier molecular flexibility index (Phi) is 4.14. The quantitative estimate of drug-likeness (QED) is 0.910. The first-order chi connectivity index (χ1) is 8.50. The lowest BCUT2D eigenvalue weighted by Gasteiger charge is -2.14. The number of sulfone groups is 1. The molecule has 0 amide bonds. The number of hydrogen-bond donors (Lipinski definition) is 1. The predicted molar refractivity (Wildman–Crippen MR) is 71.9 cm³/mol. The number of halogens is 1. The molecule has 1 unspecified atom stereocenters. The second-order valence-corrected chi connectivity index (χ2v) is 7.08. The molecule has 1 aliphatic rings. The third kappa shape index (κ3) is 3.37. The van der Waals surface area contributed by atoms with Gasteiger partial charge in [-0.15, -0.1) is 0 Å². The summed E-state index contributed by atoms with van der Waals surface area (Å²) in [6, 6.07) is 5.49. The molecule has 0 spiro atoms. The maximum atomic E-state index is 11.3. The molecule has 2 N–H and O–H groups in total. The highest BCUT2D eigenvalue weighted by Crippen LogP contribution is 2.28. The largest absolute Gasteiger partial charge is 0.488 e. The molecular formula is C12H16ClNO3S. The van der Waals surface area contributed by atoms with E-state index < -0.39 is 9.84 Å². The van der Waals surface area contributed by atoms with Crippen LogP contribution in [0.15, 0.2) is 18.2 Å². The second-order valence-electron chi connectivity index (χ2n) is 4.45. The van der Waals surface area contributed by atoms with E-state index in [0.717, 1.165) is 12.0 Å². The number of ether oxygens (including phenoxy) is 1. The van der Waals surface area contributed by atoms with E-state index in [9.17, 15) is 8.42 Å². The van der Waals surface area contributed by atoms with Crippen LogP contribution < -0.4 is 10.5 Å². The Morgan fingerprint density at radius 2 is 2.22 bits per heavy atom. The average Bonchev–Trinajstić information content (AvgIpc) is 2.63. The lowest BCUT2D eigenvalue weighted by molar-refractivity contribution is 0.229. The summed E-state index contributed by atoms with van der Waals surface area (Å²) >= 11 is 6.10. The standard InChI is InChI=1S/C12H16ClNO3S/c13-11-7-9(3-5-14)1-2-12(11)17-10-4-6-18(15,16)8-10/h1-2,7,10H,3-6,8,14H2. The fourth-order valence-corrected chi connectivity index (χ4v) is 3.83. The minimum atomic E-state index is -2.93. The van der Waals surface area contributed by atoms with Crippen molar-refractivity contribution in [1.29, 1.82) is 0 Å². The van der Waals surface area contributed by atoms with Crippen LogP contribution >= 0.6 is 11.6 Å². The first kappa shape index (κ1) is 13.6. The van der Waals surface area contributed by atoms with Crippen LogP contribution in [-0.4, -0.2) is 32.6 Å². The molecule has 0 saturated carbocycles. The van der Waals surface area contributed by atoms with Crippen LogP contribution in [0.5, 0.6) is 5.75 Å². The van der Waals surface area contributed by atoms with Gasteiger partial charge in [0.1, 0.15) is 11.9 Å². The highest BCUT2D eigenvalue weighted by molar-refractivity contribution is 7.91. The second kappa shape index (κ2) is 5.47. The van der Waals surface area contributed by atoms with Gasteiger partial charge in [0.2, 0.25) is 0 Å². The molecule has 0 aromatic heterocycles. The molecule has 1 aromatic rings. The van der Waals surface area contributed by atoms with Crippen LogP contribution in [-0.2, 0) is 16.3 Å². The molecule has 0 radical (unpaired) electrons. The van der Waals surface area contributed by atoms with Gasteiger partial charge in [0.25, 0.3) is 0 Å². The summed E-state index contributed by atoms with van der Waals surface area (Å²) in [5, 5.41) is 0.505. The summed E-state index contributed by atoms with van der Waals surface area (Å²) < 4.78 is 28.3. The van der Waals surface area contributed by atoms with E-state index >= 15 is 0 Å². The maximum Gasteiger partial charge on any atom is 0.154 e. The van der Waals surface area contributed by atoms with Crippen molar-refractivity contribution < 1.29 is 13.2 Å². The van der Waals surface area contributed by atoms with Crippen LogP contribution in [0.1, 0.15) is 12.0 Å². The van der Waals surface area contributed by atoms with Gasteiger partial charge >= 0.3 is 0 Å². The fraction of sp³-hybridized carbons (Fsp3) is 0.500. The minimum absolute atomic E-state index is 0.0773. The highest BCUT2D eigenvalue weighted by atomic mass is 35.5. The molecule has 0 bridgehead atoms. The third-order valence-electron chi connectivity index (χ3n) is 2.91. The van der Waals surface area contributed by atoms with Crippen molar-refractivity contribution in [3.05, 3.63) is 28.8 Å². The molecular weight excluding hydrogens is 274 g/mol. The van der Waals surface area contributed by atoms with Gasteiger partial charge < -0.3 is 10.5 Å². The van der Waals surface area contributed by atoms with E-state index in [0.29, 0.717) is 23.7 Å². The number of benzene rings is 1. The summed E-state index contributed by atoms with van der Waals surface area (Å²) in [6.45, 7) is 0.567. The Morgan fingerprint density at radius 3 is 2.78 bits per heavy atom. The number of nitrogens with two attached hydrogens (primary N) is 1. The maximum absolute atomic E-state index is 11.3. The van der Waals surface area contributed by atoms with Gasteiger partial charge in [-0.1, -0.05) is 17.7 Å². The van der Waals surface area contributed by atoms with E-state index in [-0.39, 0.29) is 17.6 Å². The van der Waals surface area contributed by atoms with Crippen LogP contribution in [0.4, 0.5) is 0 Å². The Balaban J connectivity index is 2.06. The Labute approximate surface area is 112 Å². The number of rotatable bonds is 4. The Bertz CT molecular complexity index is 530. The van der Waals surface area contributed by atoms with E-state index in [4.69, 9.17) is 22.1 Å². The van der Waals surface area contributed by atoms with Gasteiger partial charge in [0.15, 0.2) is 9.84 Å². The first-order valence-corrected chi connectivity index (χ1v) is 8.06. The van der Waals surface area contributed by atoms with E-state index in [2.05, 4.69) is 0 Å². The molecule has 1 saturated heterocycles. The third-order valence-corrected chi connectivity index (χ3v) is 4.95. The van der Waals surface area contributed by atoms with Crippen LogP contribution in [0.25, 0.3) is 0 Å². The van der Waals surface area contributed by atoms with Crippen molar-refractivity contribution in [1.82, 2.24) is 0 Å². The van der Waals surface area contributed by atoms with E-state index in [1.807, 2.05) is 12.1 Å². The van der Waals surface area contributed by atoms with Gasteiger partial charge in [0, 0.05) is 0 Å². The summed E-state index contributed by atoms with van der Waals surface area (Å²) in [4.78, 5) is 0. The summed E-state index contributed by atoms with van der Waals surface area (Å²) in [6.07, 6.45) is 1.01. The molecule has 18 heavy (non-hydrogen) atoms. The smallest absolute Gasteiger partial charge is 0.154 e. The zero-order chi connectivity index (χ0) is 13.2. The van der Waals surface area contributed by atoms with Gasteiger partial charge in [-0.05, 0) is 37.1 Å². The fourth-order valence-electron chi connectivity index (χ4n) is 2.00. The molecule has 4 nitrogen and oxygen atoms in total. The molecule has 1 aliphatic heterocycles. The monoisotopic (exact) mass is 289 g/mol. The zero-order valence-electron chi connectivity index (χ0n) is 9.93. The van der Waals surface area contributed by atoms with Crippen molar-refractivity contribution in [3.63, 3.8) is 0 Å². The summed E-state index contributed by atoms with van der Waals surface area (Å²) in [5.74, 6) is 0.813. The van der Waals surface area contributed by atoms with Crippen molar-refractivity contribution >= 4 is 21.4 Å². The van der Waals surface area contributed by atoms with E-state index in [1.165, 1.54) is 0 Å². The molecule has 1 atom stereocenters.